The number of carbonyl (C=O) groups is 1. The Hall–Kier alpha value is -3.01. The molecular weight excluding hydrogens is 376 g/mol. The molecule has 0 fully saturated rings. The van der Waals surface area contributed by atoms with Gasteiger partial charge in [0.05, 0.1) is 13.5 Å². The van der Waals surface area contributed by atoms with Crippen molar-refractivity contribution in [2.24, 2.45) is 0 Å². The first kappa shape index (κ1) is 21.7. The fraction of sp³-hybridized carbons (Fsp3) is 0.346. The summed E-state index contributed by atoms with van der Waals surface area (Å²) in [5, 5.41) is 10.6. The number of phenolic OH excluding ortho intramolecular Hbond substituents is 1. The molecule has 0 unspecified atom stereocenters. The molecule has 0 saturated carbocycles. The van der Waals surface area contributed by atoms with E-state index in [9.17, 15) is 9.90 Å². The van der Waals surface area contributed by atoms with E-state index in [2.05, 4.69) is 32.9 Å². The first-order chi connectivity index (χ1) is 14.4. The van der Waals surface area contributed by atoms with Crippen molar-refractivity contribution in [2.45, 2.75) is 52.6 Å². The number of hydrogen-bond donors (Lipinski definition) is 1. The maximum Gasteiger partial charge on any atom is 0.174 e. The van der Waals surface area contributed by atoms with Crippen molar-refractivity contribution in [3.05, 3.63) is 76.4 Å². The van der Waals surface area contributed by atoms with Gasteiger partial charge in [0, 0.05) is 17.5 Å². The van der Waals surface area contributed by atoms with Gasteiger partial charge in [-0.2, -0.15) is 0 Å². The zero-order valence-electron chi connectivity index (χ0n) is 18.4. The molecule has 0 amide bonds. The van der Waals surface area contributed by atoms with Crippen LogP contribution < -0.4 is 9.47 Å². The van der Waals surface area contributed by atoms with Crippen LogP contribution >= 0.6 is 0 Å². The number of carbonyl (C=O) groups excluding carboxylic acids is 1. The Labute approximate surface area is 178 Å². The second-order valence-electron chi connectivity index (χ2n) is 7.96. The van der Waals surface area contributed by atoms with Gasteiger partial charge in [-0.1, -0.05) is 53.6 Å². The first-order valence-electron chi connectivity index (χ1n) is 10.3. The summed E-state index contributed by atoms with van der Waals surface area (Å²) in [5.74, 6) is 0.717. The smallest absolute Gasteiger partial charge is 0.174 e. The maximum atomic E-state index is 13.1. The van der Waals surface area contributed by atoms with Crippen LogP contribution in [0.1, 0.15) is 74.0 Å². The summed E-state index contributed by atoms with van der Waals surface area (Å²) in [6.45, 7) is 8.21. The molecule has 0 bridgehead atoms. The van der Waals surface area contributed by atoms with Crippen LogP contribution in [0.4, 0.5) is 0 Å². The molecule has 0 aliphatic carbocycles. The van der Waals surface area contributed by atoms with Crippen LogP contribution in [0.25, 0.3) is 0 Å². The van der Waals surface area contributed by atoms with Crippen LogP contribution in [0.5, 0.6) is 17.2 Å². The number of methoxy groups -OCH3 is 1. The second kappa shape index (κ2) is 9.21. The van der Waals surface area contributed by atoms with Gasteiger partial charge >= 0.3 is 0 Å². The predicted molar refractivity (Wildman–Crippen MR) is 120 cm³/mol. The molecule has 2 aromatic rings. The van der Waals surface area contributed by atoms with Crippen molar-refractivity contribution in [2.75, 3.05) is 7.11 Å². The van der Waals surface area contributed by atoms with Crippen LogP contribution in [0.2, 0.25) is 0 Å². The van der Waals surface area contributed by atoms with Crippen LogP contribution in [0.3, 0.4) is 0 Å². The highest BCUT2D eigenvalue weighted by atomic mass is 16.5. The highest BCUT2D eigenvalue weighted by Gasteiger charge is 2.36. The molecule has 1 N–H and O–H groups in total. The average molecular weight is 407 g/mol. The zero-order chi connectivity index (χ0) is 21.8. The third-order valence-electron chi connectivity index (χ3n) is 5.68. The van der Waals surface area contributed by atoms with Gasteiger partial charge in [0.25, 0.3) is 0 Å². The minimum absolute atomic E-state index is 0.0310. The van der Waals surface area contributed by atoms with E-state index in [-0.39, 0.29) is 29.4 Å². The monoisotopic (exact) mass is 406 g/mol. The number of fused-ring (bicyclic) bond motifs is 1. The van der Waals surface area contributed by atoms with Gasteiger partial charge in [0.1, 0.15) is 28.9 Å². The van der Waals surface area contributed by atoms with Gasteiger partial charge in [-0.05, 0) is 39.7 Å². The lowest BCUT2D eigenvalue weighted by atomic mass is 9.83. The molecule has 0 spiro atoms. The second-order valence-corrected chi connectivity index (χ2v) is 7.96. The van der Waals surface area contributed by atoms with E-state index in [0.29, 0.717) is 11.5 Å². The lowest BCUT2D eigenvalue weighted by molar-refractivity contribution is 0.0841. The van der Waals surface area contributed by atoms with E-state index in [4.69, 9.17) is 9.47 Å². The van der Waals surface area contributed by atoms with Crippen LogP contribution in [0, 0.1) is 0 Å². The number of aromatic hydroxyl groups is 1. The third kappa shape index (κ3) is 4.28. The number of ether oxygens (including phenoxy) is 2. The topological polar surface area (TPSA) is 55.8 Å². The van der Waals surface area contributed by atoms with E-state index in [1.54, 1.807) is 7.11 Å². The fourth-order valence-corrected chi connectivity index (χ4v) is 3.92. The predicted octanol–water partition coefficient (Wildman–Crippen LogP) is 6.51. The largest absolute Gasteiger partial charge is 0.507 e. The Bertz CT molecular complexity index is 982. The van der Waals surface area contributed by atoms with Gasteiger partial charge < -0.3 is 14.6 Å². The molecule has 1 aliphatic rings. The van der Waals surface area contributed by atoms with Crippen molar-refractivity contribution in [1.29, 1.82) is 0 Å². The van der Waals surface area contributed by atoms with E-state index >= 15 is 0 Å². The molecule has 3 rings (SSSR count). The summed E-state index contributed by atoms with van der Waals surface area (Å²) in [6, 6.07) is 11.3. The molecule has 0 saturated heterocycles. The standard InChI is InChI=1S/C26H30O4/c1-6-17(4)19(13-12-16(2)3)24-23(29-5)15-21(28)25-20(27)14-22(30-26(24)25)18-10-8-7-9-11-18/h6-12,15,19,22,28H,13-14H2,1-5H3/b17-6+/t19-,22-/m0/s1. The van der Waals surface area contributed by atoms with E-state index in [1.807, 2.05) is 37.3 Å². The van der Waals surface area contributed by atoms with Crippen molar-refractivity contribution in [3.8, 4) is 17.2 Å². The highest BCUT2D eigenvalue weighted by molar-refractivity contribution is 6.03. The van der Waals surface area contributed by atoms with Crippen molar-refractivity contribution in [3.63, 3.8) is 0 Å². The first-order valence-corrected chi connectivity index (χ1v) is 10.3. The van der Waals surface area contributed by atoms with Gasteiger partial charge in [0.2, 0.25) is 0 Å². The zero-order valence-corrected chi connectivity index (χ0v) is 18.4. The van der Waals surface area contributed by atoms with Gasteiger partial charge in [-0.25, -0.2) is 0 Å². The number of allylic oxidation sites excluding steroid dienone is 4. The van der Waals surface area contributed by atoms with Crippen LogP contribution in [0.15, 0.2) is 59.7 Å². The summed E-state index contributed by atoms with van der Waals surface area (Å²) in [4.78, 5) is 13.1. The molecule has 158 valence electrons. The molecule has 2 atom stereocenters. The Morgan fingerprint density at radius 3 is 2.57 bits per heavy atom. The van der Waals surface area contributed by atoms with Crippen molar-refractivity contribution < 1.29 is 19.4 Å². The number of phenols is 1. The summed E-state index contributed by atoms with van der Waals surface area (Å²) in [5.41, 5.74) is 4.37. The average Bonchev–Trinajstić information content (AvgIpc) is 2.74. The molecule has 30 heavy (non-hydrogen) atoms. The molecule has 4 heteroatoms. The van der Waals surface area contributed by atoms with Crippen molar-refractivity contribution in [1.82, 2.24) is 0 Å². The molecule has 1 heterocycles. The molecule has 0 aromatic heterocycles. The summed E-state index contributed by atoms with van der Waals surface area (Å²) in [7, 11) is 1.58. The van der Waals surface area contributed by atoms with Crippen molar-refractivity contribution >= 4 is 5.78 Å². The van der Waals surface area contributed by atoms with Gasteiger partial charge in [-0.15, -0.1) is 0 Å². The quantitative estimate of drug-likeness (QED) is 0.555. The number of ketones is 1. The summed E-state index contributed by atoms with van der Waals surface area (Å²) < 4.78 is 12.1. The highest BCUT2D eigenvalue weighted by Crippen LogP contribution is 2.50. The SMILES string of the molecule is C/C=C(\C)[C@H](CC=C(C)C)c1c(OC)cc(O)c2c1O[C@H](c1ccccc1)CC2=O. The Morgan fingerprint density at radius 2 is 1.97 bits per heavy atom. The Morgan fingerprint density at radius 1 is 1.27 bits per heavy atom. The third-order valence-corrected chi connectivity index (χ3v) is 5.68. The Balaban J connectivity index is 2.21. The molecule has 1 aliphatic heterocycles. The molecule has 2 aromatic carbocycles. The summed E-state index contributed by atoms with van der Waals surface area (Å²) >= 11 is 0. The van der Waals surface area contributed by atoms with E-state index in [1.165, 1.54) is 11.6 Å². The fourth-order valence-electron chi connectivity index (χ4n) is 3.92. The summed E-state index contributed by atoms with van der Waals surface area (Å²) in [6.07, 6.45) is 4.79. The maximum absolute atomic E-state index is 13.1. The lowest BCUT2D eigenvalue weighted by Gasteiger charge is -2.31. The van der Waals surface area contributed by atoms with Crippen LogP contribution in [-0.4, -0.2) is 18.0 Å². The minimum Gasteiger partial charge on any atom is -0.507 e. The Kier molecular flexibility index (Phi) is 6.66. The molecule has 0 radical (unpaired) electrons. The van der Waals surface area contributed by atoms with E-state index < -0.39 is 6.10 Å². The van der Waals surface area contributed by atoms with Gasteiger partial charge in [0.15, 0.2) is 5.78 Å². The number of rotatable bonds is 6. The normalized spacial score (nSPS) is 17.0. The number of benzene rings is 2. The lowest BCUT2D eigenvalue weighted by Crippen LogP contribution is -2.23. The van der Waals surface area contributed by atoms with E-state index in [0.717, 1.165) is 23.1 Å². The van der Waals surface area contributed by atoms with Crippen LogP contribution in [-0.2, 0) is 0 Å². The molecular formula is C26H30O4. The molecule has 4 nitrogen and oxygen atoms in total. The number of Topliss-reactive ketones (excluding diaryl/α,β-unsaturated/α-hetero) is 1. The number of hydrogen-bond acceptors (Lipinski definition) is 4. The van der Waals surface area contributed by atoms with Gasteiger partial charge in [-0.3, -0.25) is 4.79 Å². The minimum atomic E-state index is -0.397.